The molecule has 0 saturated heterocycles. The van der Waals surface area contributed by atoms with Crippen molar-refractivity contribution in [3.63, 3.8) is 0 Å². The van der Waals surface area contributed by atoms with Gasteiger partial charge in [-0.3, -0.25) is 0 Å². The van der Waals surface area contributed by atoms with Gasteiger partial charge in [0, 0.05) is 37.9 Å². The molecular formula is C27H30Cl3N4O2P. The lowest BCUT2D eigenvalue weighted by Crippen LogP contribution is -2.46. The van der Waals surface area contributed by atoms with Crippen LogP contribution in [0.25, 0.3) is 0 Å². The van der Waals surface area contributed by atoms with Crippen molar-refractivity contribution in [3.8, 4) is 5.75 Å². The van der Waals surface area contributed by atoms with E-state index < -0.39 is 13.4 Å². The number of fused-ring (bicyclic) bond motifs is 1. The third kappa shape index (κ3) is 5.10. The molecule has 10 heteroatoms. The van der Waals surface area contributed by atoms with Gasteiger partial charge in [-0.05, 0) is 56.3 Å². The predicted octanol–water partition coefficient (Wildman–Crippen LogP) is 8.84. The summed E-state index contributed by atoms with van der Waals surface area (Å²) in [7, 11) is -3.02. The first-order valence-corrected chi connectivity index (χ1v) is 15.1. The molecule has 1 amide bonds. The third-order valence-corrected chi connectivity index (χ3v) is 11.3. The summed E-state index contributed by atoms with van der Waals surface area (Å²) in [5.74, 6) is 0.502. The van der Waals surface area contributed by atoms with E-state index in [0.29, 0.717) is 45.3 Å². The Hall–Kier alpha value is -2.21. The van der Waals surface area contributed by atoms with Crippen molar-refractivity contribution in [2.45, 2.75) is 27.7 Å². The van der Waals surface area contributed by atoms with E-state index in [1.54, 1.807) is 28.9 Å². The third-order valence-electron chi connectivity index (χ3n) is 6.42. The second-order valence-electron chi connectivity index (χ2n) is 8.36. The molecule has 0 fully saturated rings. The summed E-state index contributed by atoms with van der Waals surface area (Å²) < 4.78 is 15.2. The molecule has 0 aliphatic carbocycles. The average molecular weight is 580 g/mol. The first-order chi connectivity index (χ1) is 17.8. The Bertz CT molecular complexity index is 1360. The molecule has 3 aromatic rings. The number of ether oxygens (including phenoxy) is 1. The van der Waals surface area contributed by atoms with Gasteiger partial charge < -0.3 is 9.64 Å². The Labute approximate surface area is 233 Å². The van der Waals surface area contributed by atoms with E-state index in [9.17, 15) is 4.79 Å². The van der Waals surface area contributed by atoms with Crippen molar-refractivity contribution in [2.24, 2.45) is 4.74 Å². The van der Waals surface area contributed by atoms with Crippen LogP contribution in [-0.2, 0) is 0 Å². The van der Waals surface area contributed by atoms with Crippen LogP contribution in [0.1, 0.15) is 27.7 Å². The number of nitrogens with zero attached hydrogens (tertiary/aromatic N) is 4. The molecule has 6 nitrogen and oxygen atoms in total. The lowest BCUT2D eigenvalue weighted by molar-refractivity contribution is 0.210. The molecule has 1 atom stereocenters. The lowest BCUT2D eigenvalue weighted by atomic mass is 10.2. The van der Waals surface area contributed by atoms with Gasteiger partial charge in [0.15, 0.2) is 7.36 Å². The number of hydrogen-bond acceptors (Lipinski definition) is 4. The zero-order chi connectivity index (χ0) is 26.7. The number of carbonyl (C=O) groups excluding carboxylic acids is 1. The fourth-order valence-electron chi connectivity index (χ4n) is 4.60. The van der Waals surface area contributed by atoms with Gasteiger partial charge in [-0.1, -0.05) is 60.8 Å². The minimum absolute atomic E-state index is 0.338. The Morgan fingerprint density at radius 1 is 0.838 bits per heavy atom. The van der Waals surface area contributed by atoms with Crippen molar-refractivity contribution < 1.29 is 9.53 Å². The standard InChI is InChI=1S/C27H30Cl3N4O2P/c1-5-32(6-2)19-14-16-26-25(18-19)36-27(35)34(20-13-15-21(28)23(30)17-20)37(26,33(7-3)8-4)31-24-12-10-9-11-22(24)29/h9-18H,5-8H2,1-4H3/t37-/m1/s1. The van der Waals surface area contributed by atoms with Crippen molar-refractivity contribution in [3.05, 3.63) is 75.7 Å². The van der Waals surface area contributed by atoms with E-state index >= 15 is 0 Å². The molecule has 4 rings (SSSR count). The monoisotopic (exact) mass is 578 g/mol. The average Bonchev–Trinajstić information content (AvgIpc) is 2.88. The molecule has 1 aliphatic rings. The second kappa shape index (κ2) is 11.7. The van der Waals surface area contributed by atoms with E-state index in [-0.39, 0.29) is 0 Å². The zero-order valence-corrected chi connectivity index (χ0v) is 24.5. The van der Waals surface area contributed by atoms with Crippen LogP contribution in [0.15, 0.2) is 65.4 Å². The van der Waals surface area contributed by atoms with Crippen LogP contribution in [0.4, 0.5) is 21.9 Å². The molecule has 0 N–H and O–H groups in total. The van der Waals surface area contributed by atoms with Gasteiger partial charge in [-0.15, -0.1) is 0 Å². The van der Waals surface area contributed by atoms with Crippen LogP contribution < -0.4 is 19.6 Å². The Kier molecular flexibility index (Phi) is 8.77. The summed E-state index contributed by atoms with van der Waals surface area (Å²) in [5.41, 5.74) is 2.13. The van der Waals surface area contributed by atoms with E-state index in [1.165, 1.54) is 0 Å². The number of hydrogen-bond donors (Lipinski definition) is 0. The van der Waals surface area contributed by atoms with Crippen LogP contribution in [0.3, 0.4) is 0 Å². The molecule has 1 heterocycles. The predicted molar refractivity (Wildman–Crippen MR) is 158 cm³/mol. The SMILES string of the molecule is CCN(CC)c1ccc2c(c1)OC(=O)N(c1ccc(Cl)c(Cl)c1)[P@]2(=Nc1ccccc1Cl)N(CC)CC. The van der Waals surface area contributed by atoms with E-state index in [0.717, 1.165) is 24.1 Å². The quantitative estimate of drug-likeness (QED) is 0.250. The largest absolute Gasteiger partial charge is 0.425 e. The number of amides is 1. The lowest BCUT2D eigenvalue weighted by Gasteiger charge is -2.46. The Balaban J connectivity index is 2.12. The summed E-state index contributed by atoms with van der Waals surface area (Å²) in [6.45, 7) is 11.3. The van der Waals surface area contributed by atoms with Gasteiger partial charge in [0.1, 0.15) is 5.75 Å². The van der Waals surface area contributed by atoms with Crippen LogP contribution in [0, 0.1) is 0 Å². The first kappa shape index (κ1) is 27.8. The molecule has 0 bridgehead atoms. The van der Waals surface area contributed by atoms with E-state index in [2.05, 4.69) is 43.3 Å². The van der Waals surface area contributed by atoms with E-state index in [1.807, 2.05) is 30.3 Å². The summed E-state index contributed by atoms with van der Waals surface area (Å²) in [6.07, 6.45) is -0.529. The summed E-state index contributed by atoms with van der Waals surface area (Å²) >= 11 is 19.3. The molecule has 0 spiro atoms. The van der Waals surface area contributed by atoms with Gasteiger partial charge >= 0.3 is 6.09 Å². The first-order valence-electron chi connectivity index (χ1n) is 12.3. The molecule has 1 aliphatic heterocycles. The van der Waals surface area contributed by atoms with Crippen LogP contribution >= 0.6 is 42.2 Å². The maximum absolute atomic E-state index is 13.9. The molecule has 0 saturated carbocycles. The Morgan fingerprint density at radius 2 is 1.54 bits per heavy atom. The highest BCUT2D eigenvalue weighted by atomic mass is 35.5. The maximum atomic E-state index is 13.9. The number of halogens is 3. The number of carbonyl (C=O) groups is 1. The van der Waals surface area contributed by atoms with Crippen LogP contribution in [-0.4, -0.2) is 36.9 Å². The fourth-order valence-corrected chi connectivity index (χ4v) is 8.89. The highest BCUT2D eigenvalue weighted by Gasteiger charge is 2.46. The number of anilines is 2. The summed E-state index contributed by atoms with van der Waals surface area (Å²) in [5, 5.41) is 2.07. The maximum Gasteiger partial charge on any atom is 0.425 e. The van der Waals surface area contributed by atoms with Crippen molar-refractivity contribution in [1.82, 2.24) is 4.67 Å². The smallest absolute Gasteiger partial charge is 0.409 e. The van der Waals surface area contributed by atoms with Gasteiger partial charge in [0.05, 0.1) is 31.7 Å². The summed E-state index contributed by atoms with van der Waals surface area (Å²) in [4.78, 5) is 16.1. The molecule has 3 aromatic carbocycles. The molecule has 0 radical (unpaired) electrons. The highest BCUT2D eigenvalue weighted by molar-refractivity contribution is 7.74. The summed E-state index contributed by atoms with van der Waals surface area (Å²) in [6, 6.07) is 18.6. The normalized spacial score (nSPS) is 17.0. The minimum atomic E-state index is -3.02. The van der Waals surface area contributed by atoms with Gasteiger partial charge in [-0.2, -0.15) is 0 Å². The minimum Gasteiger partial charge on any atom is -0.409 e. The number of rotatable bonds is 8. The van der Waals surface area contributed by atoms with Crippen LogP contribution in [0.2, 0.25) is 15.1 Å². The fraction of sp³-hybridized carbons (Fsp3) is 0.296. The molecule has 0 aromatic heterocycles. The van der Waals surface area contributed by atoms with Gasteiger partial charge in [-0.25, -0.2) is 18.9 Å². The van der Waals surface area contributed by atoms with Crippen molar-refractivity contribution >= 4 is 70.6 Å². The van der Waals surface area contributed by atoms with Crippen molar-refractivity contribution in [1.29, 1.82) is 0 Å². The van der Waals surface area contributed by atoms with Gasteiger partial charge in [0.25, 0.3) is 0 Å². The molecule has 37 heavy (non-hydrogen) atoms. The molecule has 0 unspecified atom stereocenters. The van der Waals surface area contributed by atoms with Crippen LogP contribution in [0.5, 0.6) is 5.75 Å². The Morgan fingerprint density at radius 3 is 2.16 bits per heavy atom. The number of benzene rings is 3. The highest BCUT2D eigenvalue weighted by Crippen LogP contribution is 2.63. The molecular weight excluding hydrogens is 550 g/mol. The molecule has 196 valence electrons. The zero-order valence-electron chi connectivity index (χ0n) is 21.3. The van der Waals surface area contributed by atoms with Gasteiger partial charge in [0.2, 0.25) is 0 Å². The second-order valence-corrected chi connectivity index (χ2v) is 12.4. The van der Waals surface area contributed by atoms with E-state index in [4.69, 9.17) is 44.3 Å². The van der Waals surface area contributed by atoms with Crippen molar-refractivity contribution in [2.75, 3.05) is 35.7 Å². The topological polar surface area (TPSA) is 48.4 Å².